The molecule has 10 heteroatoms. The molecule has 2 rings (SSSR count). The fourth-order valence-electron chi connectivity index (χ4n) is 3.79. The van der Waals surface area contributed by atoms with Crippen molar-refractivity contribution in [2.24, 2.45) is 10.9 Å². The number of carbonyl (C=O) groups is 1. The molecule has 0 radical (unpaired) electrons. The number of nitrogens with zero attached hydrogens (tertiary/aromatic N) is 1. The summed E-state index contributed by atoms with van der Waals surface area (Å²) in [7, 11) is -3.39. The Morgan fingerprint density at radius 3 is 2.53 bits per heavy atom. The molecule has 1 aliphatic heterocycles. The Kier molecular flexibility index (Phi) is 10.9. The first-order valence-corrected chi connectivity index (χ1v) is 12.9. The van der Waals surface area contributed by atoms with Gasteiger partial charge in [-0.05, 0) is 58.8 Å². The monoisotopic (exact) mass is 446 g/mol. The van der Waals surface area contributed by atoms with Gasteiger partial charge in [-0.2, -0.15) is 0 Å². The largest absolute Gasteiger partial charge is 0.466 e. The number of aliphatic imine (C=N–C) groups is 1. The van der Waals surface area contributed by atoms with Crippen LogP contribution in [-0.2, 0) is 24.3 Å². The van der Waals surface area contributed by atoms with E-state index in [0.717, 1.165) is 44.9 Å². The van der Waals surface area contributed by atoms with Gasteiger partial charge < -0.3 is 20.1 Å². The van der Waals surface area contributed by atoms with Crippen molar-refractivity contribution in [1.29, 1.82) is 0 Å². The Hall–Kier alpha value is -1.39. The molecule has 2 fully saturated rings. The number of hydrogen-bond acceptors (Lipinski definition) is 6. The Morgan fingerprint density at radius 2 is 1.90 bits per heavy atom. The summed E-state index contributed by atoms with van der Waals surface area (Å²) in [6, 6.07) is 0.214. The normalized spacial score (nSPS) is 25.5. The summed E-state index contributed by atoms with van der Waals surface area (Å²) in [6.07, 6.45) is 6.28. The Morgan fingerprint density at radius 1 is 1.13 bits per heavy atom. The van der Waals surface area contributed by atoms with Gasteiger partial charge in [0.25, 0.3) is 0 Å². The molecule has 0 aromatic rings. The van der Waals surface area contributed by atoms with Gasteiger partial charge in [-0.1, -0.05) is 0 Å². The number of esters is 1. The smallest absolute Gasteiger partial charge is 0.308 e. The predicted octanol–water partition coefficient (Wildman–Crippen LogP) is 1.15. The van der Waals surface area contributed by atoms with E-state index in [2.05, 4.69) is 20.3 Å². The standard InChI is InChI=1S/C20H38N4O5S/c1-3-21-20(24-17-10-8-16(9-11-17)19(25)28-4-2)22-12-14-30(26,27)23-15-18-7-5-6-13-29-18/h16-18,23H,3-15H2,1-2H3,(H2,21,22,24). The van der Waals surface area contributed by atoms with Crippen LogP contribution < -0.4 is 15.4 Å². The van der Waals surface area contributed by atoms with Gasteiger partial charge in [0.15, 0.2) is 5.96 Å². The highest BCUT2D eigenvalue weighted by atomic mass is 32.2. The molecular weight excluding hydrogens is 408 g/mol. The van der Waals surface area contributed by atoms with Gasteiger partial charge in [-0.15, -0.1) is 0 Å². The average molecular weight is 447 g/mol. The molecule has 0 aromatic carbocycles. The van der Waals surface area contributed by atoms with Crippen molar-refractivity contribution in [2.45, 2.75) is 70.9 Å². The number of sulfonamides is 1. The summed E-state index contributed by atoms with van der Waals surface area (Å²) in [5.41, 5.74) is 0. The zero-order valence-electron chi connectivity index (χ0n) is 18.3. The minimum Gasteiger partial charge on any atom is -0.466 e. The molecular formula is C20H38N4O5S. The van der Waals surface area contributed by atoms with Crippen molar-refractivity contribution in [3.8, 4) is 0 Å². The van der Waals surface area contributed by atoms with Gasteiger partial charge in [0.1, 0.15) is 0 Å². The number of rotatable bonds is 10. The van der Waals surface area contributed by atoms with Crippen molar-refractivity contribution in [2.75, 3.05) is 38.6 Å². The minimum atomic E-state index is -3.39. The molecule has 0 aromatic heterocycles. The number of guanidine groups is 1. The van der Waals surface area contributed by atoms with Gasteiger partial charge in [-0.25, -0.2) is 13.1 Å². The summed E-state index contributed by atoms with van der Waals surface area (Å²) >= 11 is 0. The van der Waals surface area contributed by atoms with Crippen LogP contribution in [0.15, 0.2) is 4.99 Å². The third kappa shape index (κ3) is 9.18. The third-order valence-electron chi connectivity index (χ3n) is 5.47. The van der Waals surface area contributed by atoms with E-state index in [4.69, 9.17) is 9.47 Å². The van der Waals surface area contributed by atoms with Crippen LogP contribution in [0, 0.1) is 5.92 Å². The number of nitrogens with one attached hydrogen (secondary N) is 3. The van der Waals surface area contributed by atoms with E-state index < -0.39 is 10.0 Å². The molecule has 3 N–H and O–H groups in total. The van der Waals surface area contributed by atoms with Crippen LogP contribution in [0.25, 0.3) is 0 Å². The molecule has 30 heavy (non-hydrogen) atoms. The molecule has 1 aliphatic carbocycles. The first-order valence-electron chi connectivity index (χ1n) is 11.2. The summed E-state index contributed by atoms with van der Waals surface area (Å²) < 4.78 is 37.8. The Balaban J connectivity index is 1.75. The van der Waals surface area contributed by atoms with Gasteiger partial charge in [0.05, 0.1) is 30.9 Å². The molecule has 1 saturated carbocycles. The number of carbonyl (C=O) groups excluding carboxylic acids is 1. The van der Waals surface area contributed by atoms with Crippen LogP contribution >= 0.6 is 0 Å². The third-order valence-corrected chi connectivity index (χ3v) is 6.79. The fraction of sp³-hybridized carbons (Fsp3) is 0.900. The molecule has 9 nitrogen and oxygen atoms in total. The van der Waals surface area contributed by atoms with Gasteiger partial charge in [0.2, 0.25) is 10.0 Å². The van der Waals surface area contributed by atoms with Crippen LogP contribution in [0.5, 0.6) is 0 Å². The maximum absolute atomic E-state index is 12.2. The zero-order chi connectivity index (χ0) is 21.8. The SMILES string of the molecule is CCNC(=NCCS(=O)(=O)NCC1CCCCO1)NC1CCC(C(=O)OCC)CC1. The molecule has 2 aliphatic rings. The predicted molar refractivity (Wildman–Crippen MR) is 117 cm³/mol. The Bertz CT molecular complexity index is 642. The summed E-state index contributed by atoms with van der Waals surface area (Å²) in [5.74, 6) is 0.425. The Labute approximate surface area is 180 Å². The number of ether oxygens (including phenoxy) is 2. The van der Waals surface area contributed by atoms with E-state index in [-0.39, 0.29) is 36.3 Å². The van der Waals surface area contributed by atoms with E-state index >= 15 is 0 Å². The number of hydrogen-bond donors (Lipinski definition) is 3. The lowest BCUT2D eigenvalue weighted by Crippen LogP contribution is -2.45. The van der Waals surface area contributed by atoms with Crippen molar-refractivity contribution < 1.29 is 22.7 Å². The lowest BCUT2D eigenvalue weighted by atomic mass is 9.86. The van der Waals surface area contributed by atoms with Gasteiger partial charge in [-0.3, -0.25) is 9.79 Å². The molecule has 174 valence electrons. The van der Waals surface area contributed by atoms with Gasteiger partial charge in [0, 0.05) is 25.7 Å². The van der Waals surface area contributed by atoms with Crippen LogP contribution in [0.3, 0.4) is 0 Å². The second-order valence-electron chi connectivity index (χ2n) is 7.86. The average Bonchev–Trinajstić information content (AvgIpc) is 2.74. The highest BCUT2D eigenvalue weighted by molar-refractivity contribution is 7.89. The van der Waals surface area contributed by atoms with Crippen LogP contribution in [0.1, 0.15) is 58.8 Å². The van der Waals surface area contributed by atoms with E-state index in [9.17, 15) is 13.2 Å². The van der Waals surface area contributed by atoms with Crippen LogP contribution in [0.2, 0.25) is 0 Å². The highest BCUT2D eigenvalue weighted by Crippen LogP contribution is 2.25. The molecule has 1 heterocycles. The summed E-state index contributed by atoms with van der Waals surface area (Å²) in [4.78, 5) is 16.3. The molecule has 1 unspecified atom stereocenters. The van der Waals surface area contributed by atoms with E-state index in [1.165, 1.54) is 0 Å². The van der Waals surface area contributed by atoms with E-state index in [0.29, 0.717) is 32.3 Å². The second-order valence-corrected chi connectivity index (χ2v) is 9.79. The fourth-order valence-corrected chi connectivity index (χ4v) is 4.70. The zero-order valence-corrected chi connectivity index (χ0v) is 19.1. The lowest BCUT2D eigenvalue weighted by molar-refractivity contribution is -0.149. The van der Waals surface area contributed by atoms with Crippen LogP contribution in [0.4, 0.5) is 0 Å². The molecule has 0 spiro atoms. The first kappa shape index (κ1) is 24.9. The first-order chi connectivity index (χ1) is 14.4. The molecule has 1 saturated heterocycles. The lowest BCUT2D eigenvalue weighted by Gasteiger charge is -2.29. The molecule has 1 atom stereocenters. The maximum atomic E-state index is 12.2. The summed E-state index contributed by atoms with van der Waals surface area (Å²) in [5, 5.41) is 6.54. The second kappa shape index (κ2) is 13.1. The van der Waals surface area contributed by atoms with Crippen molar-refractivity contribution in [3.05, 3.63) is 0 Å². The van der Waals surface area contributed by atoms with Crippen molar-refractivity contribution in [1.82, 2.24) is 15.4 Å². The van der Waals surface area contributed by atoms with E-state index in [1.54, 1.807) is 0 Å². The quantitative estimate of drug-likeness (QED) is 0.262. The van der Waals surface area contributed by atoms with Crippen LogP contribution in [-0.4, -0.2) is 71.1 Å². The summed E-state index contributed by atoms with van der Waals surface area (Å²) in [6.45, 7) is 6.10. The molecule has 0 bridgehead atoms. The van der Waals surface area contributed by atoms with Crippen molar-refractivity contribution >= 4 is 22.0 Å². The van der Waals surface area contributed by atoms with Gasteiger partial charge >= 0.3 is 5.97 Å². The minimum absolute atomic E-state index is 0.0214. The highest BCUT2D eigenvalue weighted by Gasteiger charge is 2.27. The molecule has 0 amide bonds. The van der Waals surface area contributed by atoms with Crippen molar-refractivity contribution in [3.63, 3.8) is 0 Å². The maximum Gasteiger partial charge on any atom is 0.308 e. The topological polar surface area (TPSA) is 118 Å². The van der Waals surface area contributed by atoms with E-state index in [1.807, 2.05) is 13.8 Å².